The highest BCUT2D eigenvalue weighted by Gasteiger charge is 2.04. The highest BCUT2D eigenvalue weighted by Crippen LogP contribution is 2.06. The van der Waals surface area contributed by atoms with Crippen LogP contribution in [0.3, 0.4) is 0 Å². The molecule has 62 valence electrons. The fourth-order valence-electron chi connectivity index (χ4n) is 0.821. The van der Waals surface area contributed by atoms with Crippen molar-refractivity contribution in [3.8, 4) is 6.19 Å². The maximum absolute atomic E-state index is 8.15. The lowest BCUT2D eigenvalue weighted by Crippen LogP contribution is -1.93. The van der Waals surface area contributed by atoms with Crippen LogP contribution < -0.4 is 0 Å². The summed E-state index contributed by atoms with van der Waals surface area (Å²) in [5, 5.41) is 11.5. The van der Waals surface area contributed by atoms with Crippen LogP contribution in [-0.4, -0.2) is 18.1 Å². The number of nitriles is 1. The van der Waals surface area contributed by atoms with Gasteiger partial charge in [-0.05, 0) is 0 Å². The van der Waals surface area contributed by atoms with Crippen LogP contribution in [0, 0.1) is 18.0 Å². The molecular formula is C8H5N5. The van der Waals surface area contributed by atoms with Gasteiger partial charge in [-0.2, -0.15) is 16.8 Å². The van der Waals surface area contributed by atoms with Gasteiger partial charge in [0.25, 0.3) is 0 Å². The van der Waals surface area contributed by atoms with Gasteiger partial charge in [0.15, 0.2) is 0 Å². The van der Waals surface area contributed by atoms with Gasteiger partial charge in [-0.15, -0.1) is 4.95 Å². The maximum atomic E-state index is 8.15. The summed E-state index contributed by atoms with van der Waals surface area (Å²) in [7, 11) is 0. The SMILES string of the molecule is [C-]#[N+]/N=C/C1=CCC(C=NC#N)=N1. The van der Waals surface area contributed by atoms with E-state index in [1.54, 1.807) is 6.19 Å². The first-order valence-electron chi connectivity index (χ1n) is 3.46. The van der Waals surface area contributed by atoms with Crippen LogP contribution in [0.2, 0.25) is 0 Å². The molecule has 0 aromatic heterocycles. The standard InChI is InChI=1S/C8H5N5/c1-10-12-5-8-3-2-7(13-8)4-11-6-9/h3-5H,2H2/b11-4?,12-5+. The van der Waals surface area contributed by atoms with Crippen molar-refractivity contribution in [1.82, 2.24) is 0 Å². The topological polar surface area (TPSA) is 65.2 Å². The third kappa shape index (κ3) is 2.68. The Balaban J connectivity index is 2.62. The van der Waals surface area contributed by atoms with Crippen molar-refractivity contribution >= 4 is 18.1 Å². The second-order valence-corrected chi connectivity index (χ2v) is 2.14. The average Bonchev–Trinajstić information content (AvgIpc) is 2.59. The summed E-state index contributed by atoms with van der Waals surface area (Å²) in [6, 6.07) is 0. The zero-order valence-corrected chi connectivity index (χ0v) is 6.68. The quantitative estimate of drug-likeness (QED) is 0.266. The van der Waals surface area contributed by atoms with E-state index in [-0.39, 0.29) is 0 Å². The molecule has 13 heavy (non-hydrogen) atoms. The van der Waals surface area contributed by atoms with Crippen molar-refractivity contribution in [2.24, 2.45) is 15.1 Å². The molecule has 0 aromatic rings. The summed E-state index contributed by atoms with van der Waals surface area (Å²) in [5.74, 6) is 0. The summed E-state index contributed by atoms with van der Waals surface area (Å²) in [6.45, 7) is 6.41. The normalized spacial score (nSPS) is 15.5. The number of hydrogen-bond acceptors (Lipinski definition) is 4. The Morgan fingerprint density at radius 3 is 3.23 bits per heavy atom. The number of nitrogens with zero attached hydrogens (tertiary/aromatic N) is 5. The van der Waals surface area contributed by atoms with E-state index >= 15 is 0 Å². The number of aliphatic imine (C=N–C) groups is 2. The summed E-state index contributed by atoms with van der Waals surface area (Å²) in [4.78, 5) is 10.2. The van der Waals surface area contributed by atoms with Crippen LogP contribution >= 0.6 is 0 Å². The van der Waals surface area contributed by atoms with Gasteiger partial charge in [-0.1, -0.05) is 6.08 Å². The van der Waals surface area contributed by atoms with Gasteiger partial charge >= 0.3 is 0 Å². The molecule has 0 bridgehead atoms. The van der Waals surface area contributed by atoms with E-state index in [1.165, 1.54) is 12.4 Å². The molecule has 0 saturated carbocycles. The summed E-state index contributed by atoms with van der Waals surface area (Å²) in [6.07, 6.45) is 6.85. The molecule has 1 rings (SSSR count). The van der Waals surface area contributed by atoms with Crippen LogP contribution in [0.1, 0.15) is 6.42 Å². The summed E-state index contributed by atoms with van der Waals surface area (Å²) in [5.41, 5.74) is 1.34. The molecule has 0 fully saturated rings. The molecule has 0 N–H and O–H groups in total. The largest absolute Gasteiger partial charge is 0.250 e. The molecular weight excluding hydrogens is 166 g/mol. The number of allylic oxidation sites excluding steroid dienone is 2. The molecule has 5 nitrogen and oxygen atoms in total. The molecule has 1 aliphatic heterocycles. The minimum atomic E-state index is 0.629. The molecule has 5 heteroatoms. The molecule has 0 atom stereocenters. The minimum absolute atomic E-state index is 0.629. The summed E-state index contributed by atoms with van der Waals surface area (Å²) >= 11 is 0. The fraction of sp³-hybridized carbons (Fsp3) is 0.125. The third-order valence-corrected chi connectivity index (χ3v) is 1.31. The van der Waals surface area contributed by atoms with Crippen molar-refractivity contribution in [2.75, 3.05) is 0 Å². The van der Waals surface area contributed by atoms with Crippen LogP contribution in [0.4, 0.5) is 0 Å². The minimum Gasteiger partial charge on any atom is -0.250 e. The van der Waals surface area contributed by atoms with Gasteiger partial charge in [-0.25, -0.2) is 4.99 Å². The van der Waals surface area contributed by atoms with Gasteiger partial charge in [0.1, 0.15) is 6.21 Å². The fourth-order valence-corrected chi connectivity index (χ4v) is 0.821. The molecule has 0 aliphatic carbocycles. The monoisotopic (exact) mass is 171 g/mol. The Hall–Kier alpha value is -2.27. The average molecular weight is 171 g/mol. The van der Waals surface area contributed by atoms with Gasteiger partial charge in [0.05, 0.1) is 22.7 Å². The third-order valence-electron chi connectivity index (χ3n) is 1.31. The van der Waals surface area contributed by atoms with Crippen molar-refractivity contribution in [3.05, 3.63) is 23.3 Å². The molecule has 0 aromatic carbocycles. The zero-order valence-electron chi connectivity index (χ0n) is 6.68. The Labute approximate surface area is 75.2 Å². The maximum Gasteiger partial charge on any atom is 0.205 e. The lowest BCUT2D eigenvalue weighted by atomic mass is 10.3. The van der Waals surface area contributed by atoms with Crippen molar-refractivity contribution in [2.45, 2.75) is 6.42 Å². The van der Waals surface area contributed by atoms with Crippen molar-refractivity contribution < 1.29 is 0 Å². The van der Waals surface area contributed by atoms with Crippen molar-refractivity contribution in [1.29, 1.82) is 5.26 Å². The van der Waals surface area contributed by atoms with E-state index in [0.717, 1.165) is 0 Å². The van der Waals surface area contributed by atoms with Crippen LogP contribution in [0.5, 0.6) is 0 Å². The van der Waals surface area contributed by atoms with E-state index in [1.807, 2.05) is 6.08 Å². The Bertz CT molecular complexity index is 386. The second-order valence-electron chi connectivity index (χ2n) is 2.14. The molecule has 0 saturated heterocycles. The second kappa shape index (κ2) is 4.58. The lowest BCUT2D eigenvalue weighted by Gasteiger charge is -1.82. The first-order valence-corrected chi connectivity index (χ1v) is 3.46. The Morgan fingerprint density at radius 1 is 1.69 bits per heavy atom. The highest BCUT2D eigenvalue weighted by molar-refractivity contribution is 6.32. The van der Waals surface area contributed by atoms with Gasteiger partial charge < -0.3 is 0 Å². The van der Waals surface area contributed by atoms with Crippen LogP contribution in [0.15, 0.2) is 26.9 Å². The number of hydrogen-bond donors (Lipinski definition) is 0. The summed E-state index contributed by atoms with van der Waals surface area (Å²) < 4.78 is 0. The van der Waals surface area contributed by atoms with E-state index < -0.39 is 0 Å². The zero-order chi connectivity index (χ0) is 9.52. The van der Waals surface area contributed by atoms with Crippen LogP contribution in [0.25, 0.3) is 4.95 Å². The predicted octanol–water partition coefficient (Wildman–Crippen LogP) is 1.17. The van der Waals surface area contributed by atoms with Gasteiger partial charge in [0, 0.05) is 6.42 Å². The van der Waals surface area contributed by atoms with E-state index in [2.05, 4.69) is 20.0 Å². The molecule has 0 spiro atoms. The van der Waals surface area contributed by atoms with Crippen LogP contribution in [-0.2, 0) is 0 Å². The van der Waals surface area contributed by atoms with Crippen molar-refractivity contribution in [3.63, 3.8) is 0 Å². The van der Waals surface area contributed by atoms with E-state index in [9.17, 15) is 0 Å². The molecule has 0 amide bonds. The van der Waals surface area contributed by atoms with E-state index in [4.69, 9.17) is 11.8 Å². The first kappa shape index (κ1) is 8.82. The highest BCUT2D eigenvalue weighted by atomic mass is 15.2. The molecule has 1 aliphatic rings. The lowest BCUT2D eigenvalue weighted by molar-refractivity contribution is 1.45. The molecule has 1 heterocycles. The first-order chi connectivity index (χ1) is 6.36. The number of rotatable bonds is 2. The smallest absolute Gasteiger partial charge is 0.205 e. The molecule has 0 unspecified atom stereocenters. The predicted molar refractivity (Wildman–Crippen MR) is 49.3 cm³/mol. The Kier molecular flexibility index (Phi) is 3.11. The Morgan fingerprint density at radius 2 is 2.54 bits per heavy atom. The van der Waals surface area contributed by atoms with E-state index in [0.29, 0.717) is 17.8 Å². The molecule has 0 radical (unpaired) electrons. The van der Waals surface area contributed by atoms with Gasteiger partial charge in [0.2, 0.25) is 6.19 Å². The van der Waals surface area contributed by atoms with Gasteiger partial charge in [-0.3, -0.25) is 0 Å².